The summed E-state index contributed by atoms with van der Waals surface area (Å²) < 4.78 is 5.29. The lowest BCUT2D eigenvalue weighted by molar-refractivity contribution is -0.115. The molecule has 2 aromatic rings. The Morgan fingerprint density at radius 3 is 2.52 bits per heavy atom. The van der Waals surface area contributed by atoms with Gasteiger partial charge in [-0.1, -0.05) is 36.4 Å². The van der Waals surface area contributed by atoms with Gasteiger partial charge in [-0.3, -0.25) is 10.1 Å². The van der Waals surface area contributed by atoms with Gasteiger partial charge in [-0.2, -0.15) is 0 Å². The largest absolute Gasteiger partial charge is 0.497 e. The minimum atomic E-state index is -0.209. The lowest BCUT2D eigenvalue weighted by atomic mass is 10.2. The summed E-state index contributed by atoms with van der Waals surface area (Å²) in [6.07, 6.45) is 3.28. The topological polar surface area (TPSA) is 44.8 Å². The van der Waals surface area contributed by atoms with Crippen molar-refractivity contribution in [2.75, 3.05) is 38.2 Å². The fourth-order valence-corrected chi connectivity index (χ4v) is 3.22. The van der Waals surface area contributed by atoms with E-state index in [9.17, 15) is 4.79 Å². The van der Waals surface area contributed by atoms with Gasteiger partial charge in [0.25, 0.3) is 0 Å². The third kappa shape index (κ3) is 5.31. The van der Waals surface area contributed by atoms with E-state index in [1.165, 1.54) is 6.08 Å². The number of nitrogens with one attached hydrogen (secondary N) is 1. The fraction of sp³-hybridized carbons (Fsp3) is 0.238. The Hall–Kier alpha value is -2.86. The van der Waals surface area contributed by atoms with Gasteiger partial charge in [0.1, 0.15) is 5.75 Å². The first-order valence-electron chi connectivity index (χ1n) is 8.88. The highest BCUT2D eigenvalue weighted by molar-refractivity contribution is 7.80. The van der Waals surface area contributed by atoms with E-state index in [2.05, 4.69) is 16.3 Å². The maximum Gasteiger partial charge on any atom is 0.250 e. The van der Waals surface area contributed by atoms with E-state index in [-0.39, 0.29) is 5.91 Å². The van der Waals surface area contributed by atoms with Crippen LogP contribution in [0.25, 0.3) is 6.08 Å². The van der Waals surface area contributed by atoms with Gasteiger partial charge in [0, 0.05) is 44.0 Å². The summed E-state index contributed by atoms with van der Waals surface area (Å²) in [5, 5.41) is 3.26. The molecule has 2 aromatic carbocycles. The minimum Gasteiger partial charge on any atom is -0.497 e. The molecule has 0 aromatic heterocycles. The lowest BCUT2D eigenvalue weighted by Gasteiger charge is -2.37. The number of methoxy groups -OCH3 is 1. The Morgan fingerprint density at radius 2 is 1.81 bits per heavy atom. The third-order valence-electron chi connectivity index (χ3n) is 4.44. The first-order valence-corrected chi connectivity index (χ1v) is 9.28. The van der Waals surface area contributed by atoms with E-state index in [0.29, 0.717) is 5.11 Å². The molecule has 0 atom stereocenters. The number of hydrogen-bond donors (Lipinski definition) is 1. The molecule has 1 aliphatic rings. The molecule has 0 radical (unpaired) electrons. The molecule has 27 heavy (non-hydrogen) atoms. The monoisotopic (exact) mass is 381 g/mol. The Balaban J connectivity index is 1.49. The predicted molar refractivity (Wildman–Crippen MR) is 113 cm³/mol. The smallest absolute Gasteiger partial charge is 0.250 e. The van der Waals surface area contributed by atoms with Crippen molar-refractivity contribution in [2.24, 2.45) is 0 Å². The number of thiocarbonyl (C=S) groups is 1. The molecule has 1 saturated heterocycles. The number of rotatable bonds is 4. The number of amides is 1. The first-order chi connectivity index (χ1) is 13.2. The van der Waals surface area contributed by atoms with Gasteiger partial charge in [-0.25, -0.2) is 0 Å². The number of piperazine rings is 1. The zero-order valence-electron chi connectivity index (χ0n) is 15.3. The number of nitrogens with zero attached hydrogens (tertiary/aromatic N) is 2. The Labute approximate surface area is 165 Å². The van der Waals surface area contributed by atoms with Gasteiger partial charge in [-0.05, 0) is 36.0 Å². The highest BCUT2D eigenvalue weighted by atomic mass is 32.1. The van der Waals surface area contributed by atoms with Gasteiger partial charge >= 0.3 is 0 Å². The van der Waals surface area contributed by atoms with Crippen molar-refractivity contribution in [3.8, 4) is 5.75 Å². The van der Waals surface area contributed by atoms with Crippen LogP contribution < -0.4 is 15.0 Å². The first kappa shape index (κ1) is 18.9. The van der Waals surface area contributed by atoms with E-state index < -0.39 is 0 Å². The predicted octanol–water partition coefficient (Wildman–Crippen LogP) is 2.93. The second-order valence-corrected chi connectivity index (χ2v) is 6.60. The number of benzene rings is 2. The highest BCUT2D eigenvalue weighted by Gasteiger charge is 2.20. The van der Waals surface area contributed by atoms with Gasteiger partial charge in [0.2, 0.25) is 5.91 Å². The van der Waals surface area contributed by atoms with Crippen LogP contribution in [0.2, 0.25) is 0 Å². The summed E-state index contributed by atoms with van der Waals surface area (Å²) in [7, 11) is 1.67. The molecular formula is C21H23N3O2S. The van der Waals surface area contributed by atoms with Crippen molar-refractivity contribution in [1.82, 2.24) is 10.2 Å². The summed E-state index contributed by atoms with van der Waals surface area (Å²) in [4.78, 5) is 16.4. The van der Waals surface area contributed by atoms with Crippen LogP contribution in [-0.2, 0) is 4.79 Å². The van der Waals surface area contributed by atoms with Crippen molar-refractivity contribution in [1.29, 1.82) is 0 Å². The fourth-order valence-electron chi connectivity index (χ4n) is 2.94. The molecule has 140 valence electrons. The summed E-state index contributed by atoms with van der Waals surface area (Å²) in [5.41, 5.74) is 2.11. The van der Waals surface area contributed by atoms with E-state index in [1.807, 2.05) is 53.4 Å². The van der Waals surface area contributed by atoms with Crippen molar-refractivity contribution < 1.29 is 9.53 Å². The molecule has 0 spiro atoms. The Kier molecular flexibility index (Phi) is 6.44. The molecule has 1 heterocycles. The van der Waals surface area contributed by atoms with E-state index in [1.54, 1.807) is 13.2 Å². The maximum absolute atomic E-state index is 12.1. The van der Waals surface area contributed by atoms with Crippen LogP contribution in [0.4, 0.5) is 5.69 Å². The average molecular weight is 382 g/mol. The van der Waals surface area contributed by atoms with Crippen LogP contribution in [0, 0.1) is 0 Å². The van der Waals surface area contributed by atoms with E-state index >= 15 is 0 Å². The number of anilines is 1. The molecule has 1 aliphatic heterocycles. The minimum absolute atomic E-state index is 0.209. The number of hydrogen-bond acceptors (Lipinski definition) is 4. The normalized spacial score (nSPS) is 14.3. The van der Waals surface area contributed by atoms with Gasteiger partial charge in [0.15, 0.2) is 5.11 Å². The second-order valence-electron chi connectivity index (χ2n) is 6.21. The molecule has 1 fully saturated rings. The molecule has 0 saturated carbocycles. The van der Waals surface area contributed by atoms with Gasteiger partial charge in [-0.15, -0.1) is 0 Å². The second kappa shape index (κ2) is 9.19. The number of carbonyl (C=O) groups excluding carboxylic acids is 1. The number of ether oxygens (including phenoxy) is 1. The molecule has 1 N–H and O–H groups in total. The van der Waals surface area contributed by atoms with E-state index in [4.69, 9.17) is 17.0 Å². The molecule has 3 rings (SSSR count). The van der Waals surface area contributed by atoms with Crippen molar-refractivity contribution >= 4 is 35.0 Å². The standard InChI is InChI=1S/C21H23N3O2S/c1-26-19-9-5-8-18(16-19)23-12-14-24(15-13-23)21(27)22-20(25)11-10-17-6-3-2-4-7-17/h2-11,16H,12-15H2,1H3,(H,22,25,27)/b11-10+. The molecule has 5 nitrogen and oxygen atoms in total. The maximum atomic E-state index is 12.1. The molecule has 6 heteroatoms. The van der Waals surface area contributed by atoms with Crippen LogP contribution in [-0.4, -0.2) is 49.2 Å². The van der Waals surface area contributed by atoms with Crippen LogP contribution in [0.3, 0.4) is 0 Å². The summed E-state index contributed by atoms with van der Waals surface area (Å²) >= 11 is 5.40. The zero-order valence-corrected chi connectivity index (χ0v) is 16.1. The molecule has 0 bridgehead atoms. The van der Waals surface area contributed by atoms with Gasteiger partial charge < -0.3 is 14.5 Å². The zero-order chi connectivity index (χ0) is 19.1. The molecule has 0 aliphatic carbocycles. The summed E-state index contributed by atoms with van der Waals surface area (Å²) in [5.74, 6) is 0.641. The molecule has 1 amide bonds. The van der Waals surface area contributed by atoms with Crippen molar-refractivity contribution in [3.63, 3.8) is 0 Å². The third-order valence-corrected chi connectivity index (χ3v) is 4.80. The number of carbonyl (C=O) groups is 1. The van der Waals surface area contributed by atoms with E-state index in [0.717, 1.165) is 43.2 Å². The van der Waals surface area contributed by atoms with Gasteiger partial charge in [0.05, 0.1) is 7.11 Å². The molecular weight excluding hydrogens is 358 g/mol. The Morgan fingerprint density at radius 1 is 1.07 bits per heavy atom. The average Bonchev–Trinajstić information content (AvgIpc) is 2.73. The summed E-state index contributed by atoms with van der Waals surface area (Å²) in [6.45, 7) is 3.20. The van der Waals surface area contributed by atoms with Crippen LogP contribution in [0.1, 0.15) is 5.56 Å². The summed E-state index contributed by atoms with van der Waals surface area (Å²) in [6, 6.07) is 17.7. The quantitative estimate of drug-likeness (QED) is 0.652. The van der Waals surface area contributed by atoms with Crippen molar-refractivity contribution in [3.05, 3.63) is 66.2 Å². The van der Waals surface area contributed by atoms with Crippen molar-refractivity contribution in [2.45, 2.75) is 0 Å². The lowest BCUT2D eigenvalue weighted by Crippen LogP contribution is -2.52. The SMILES string of the molecule is COc1cccc(N2CCN(C(=S)NC(=O)/C=C/c3ccccc3)CC2)c1. The van der Waals surface area contributed by atoms with Crippen LogP contribution >= 0.6 is 12.2 Å². The highest BCUT2D eigenvalue weighted by Crippen LogP contribution is 2.22. The Bertz CT molecular complexity index is 815. The van der Waals surface area contributed by atoms with Crippen LogP contribution in [0.15, 0.2) is 60.7 Å². The molecule has 0 unspecified atom stereocenters. The van der Waals surface area contributed by atoms with Crippen LogP contribution in [0.5, 0.6) is 5.75 Å².